The van der Waals surface area contributed by atoms with Gasteiger partial charge in [-0.1, -0.05) is 18.5 Å². The average Bonchev–Trinajstić information content (AvgIpc) is 2.26. The Balaban J connectivity index is 3.09. The number of nitriles is 1. The topological polar surface area (TPSA) is 27.0 Å². The second-order valence-electron chi connectivity index (χ2n) is 3.64. The SMILES string of the molecule is CCC(C)N(C)c1ccc(Cl)cc1C#N. The van der Waals surface area contributed by atoms with Crippen LogP contribution in [0.15, 0.2) is 18.2 Å². The standard InChI is InChI=1S/C12H15ClN2/c1-4-9(2)15(3)12-6-5-11(13)7-10(12)8-14/h5-7,9H,4H2,1-3H3. The van der Waals surface area contributed by atoms with Gasteiger partial charge >= 0.3 is 0 Å². The van der Waals surface area contributed by atoms with Crippen LogP contribution in [-0.2, 0) is 0 Å². The zero-order valence-electron chi connectivity index (χ0n) is 9.29. The summed E-state index contributed by atoms with van der Waals surface area (Å²) in [7, 11) is 2.00. The summed E-state index contributed by atoms with van der Waals surface area (Å²) in [5.41, 5.74) is 1.57. The van der Waals surface area contributed by atoms with E-state index in [1.165, 1.54) is 0 Å². The van der Waals surface area contributed by atoms with E-state index in [-0.39, 0.29) is 0 Å². The van der Waals surface area contributed by atoms with Crippen molar-refractivity contribution in [2.45, 2.75) is 26.3 Å². The van der Waals surface area contributed by atoms with E-state index >= 15 is 0 Å². The predicted octanol–water partition coefficient (Wildman–Crippen LogP) is 3.45. The second-order valence-corrected chi connectivity index (χ2v) is 4.08. The fourth-order valence-electron chi connectivity index (χ4n) is 1.42. The minimum atomic E-state index is 0.415. The molecule has 80 valence electrons. The maximum atomic E-state index is 9.01. The first kappa shape index (κ1) is 11.9. The first-order valence-electron chi connectivity index (χ1n) is 5.02. The Morgan fingerprint density at radius 2 is 2.20 bits per heavy atom. The van der Waals surface area contributed by atoms with E-state index in [4.69, 9.17) is 16.9 Å². The van der Waals surface area contributed by atoms with Crippen LogP contribution in [0.3, 0.4) is 0 Å². The molecule has 1 aromatic carbocycles. The molecule has 1 aromatic rings. The Morgan fingerprint density at radius 1 is 1.53 bits per heavy atom. The summed E-state index contributed by atoms with van der Waals surface area (Å²) < 4.78 is 0. The lowest BCUT2D eigenvalue weighted by Gasteiger charge is -2.26. The molecule has 0 amide bonds. The smallest absolute Gasteiger partial charge is 0.101 e. The van der Waals surface area contributed by atoms with Crippen molar-refractivity contribution in [2.24, 2.45) is 0 Å². The van der Waals surface area contributed by atoms with Crippen molar-refractivity contribution < 1.29 is 0 Å². The minimum Gasteiger partial charge on any atom is -0.371 e. The van der Waals surface area contributed by atoms with Crippen LogP contribution in [0, 0.1) is 11.3 Å². The van der Waals surface area contributed by atoms with E-state index in [0.717, 1.165) is 12.1 Å². The van der Waals surface area contributed by atoms with Crippen molar-refractivity contribution in [1.82, 2.24) is 0 Å². The Morgan fingerprint density at radius 3 is 2.73 bits per heavy atom. The molecule has 0 aliphatic heterocycles. The molecule has 1 rings (SSSR count). The number of hydrogen-bond acceptors (Lipinski definition) is 2. The van der Waals surface area contributed by atoms with Crippen LogP contribution < -0.4 is 4.90 Å². The predicted molar refractivity (Wildman–Crippen MR) is 64.3 cm³/mol. The molecule has 0 heterocycles. The largest absolute Gasteiger partial charge is 0.371 e. The molecule has 1 unspecified atom stereocenters. The van der Waals surface area contributed by atoms with Crippen molar-refractivity contribution in [3.8, 4) is 6.07 Å². The summed E-state index contributed by atoms with van der Waals surface area (Å²) in [5, 5.41) is 9.62. The molecule has 15 heavy (non-hydrogen) atoms. The molecule has 0 aliphatic carbocycles. The summed E-state index contributed by atoms with van der Waals surface area (Å²) in [4.78, 5) is 2.11. The fourth-order valence-corrected chi connectivity index (χ4v) is 1.59. The molecule has 0 spiro atoms. The van der Waals surface area contributed by atoms with E-state index in [0.29, 0.717) is 16.6 Å². The molecule has 0 bridgehead atoms. The molecule has 0 aromatic heterocycles. The van der Waals surface area contributed by atoms with Gasteiger partial charge in [0.05, 0.1) is 11.3 Å². The number of nitrogens with zero attached hydrogens (tertiary/aromatic N) is 2. The first-order valence-corrected chi connectivity index (χ1v) is 5.40. The van der Waals surface area contributed by atoms with Crippen LogP contribution in [0.25, 0.3) is 0 Å². The third kappa shape index (κ3) is 2.64. The molecule has 0 saturated carbocycles. The molecule has 0 fully saturated rings. The molecule has 1 atom stereocenters. The molecule has 0 saturated heterocycles. The number of benzene rings is 1. The van der Waals surface area contributed by atoms with Gasteiger partial charge in [0.1, 0.15) is 6.07 Å². The van der Waals surface area contributed by atoms with Crippen LogP contribution in [0.2, 0.25) is 5.02 Å². The van der Waals surface area contributed by atoms with E-state index in [9.17, 15) is 0 Å². The van der Waals surface area contributed by atoms with E-state index in [2.05, 4.69) is 24.8 Å². The third-order valence-corrected chi connectivity index (χ3v) is 2.95. The maximum absolute atomic E-state index is 9.01. The van der Waals surface area contributed by atoms with E-state index in [1.54, 1.807) is 6.07 Å². The summed E-state index contributed by atoms with van der Waals surface area (Å²) in [6.45, 7) is 4.26. The van der Waals surface area contributed by atoms with Crippen LogP contribution in [0.4, 0.5) is 5.69 Å². The van der Waals surface area contributed by atoms with Crippen LogP contribution in [0.5, 0.6) is 0 Å². The molecule has 0 radical (unpaired) electrons. The average molecular weight is 223 g/mol. The van der Waals surface area contributed by atoms with Crippen molar-refractivity contribution in [3.05, 3.63) is 28.8 Å². The number of halogens is 1. The monoisotopic (exact) mass is 222 g/mol. The second kappa shape index (κ2) is 5.04. The van der Waals surface area contributed by atoms with Crippen molar-refractivity contribution >= 4 is 17.3 Å². The van der Waals surface area contributed by atoms with Crippen LogP contribution >= 0.6 is 11.6 Å². The molecular weight excluding hydrogens is 208 g/mol. The van der Waals surface area contributed by atoms with Crippen LogP contribution in [-0.4, -0.2) is 13.1 Å². The fraction of sp³-hybridized carbons (Fsp3) is 0.417. The lowest BCUT2D eigenvalue weighted by Crippen LogP contribution is -2.28. The zero-order valence-corrected chi connectivity index (χ0v) is 10.0. The Hall–Kier alpha value is -1.20. The van der Waals surface area contributed by atoms with Gasteiger partial charge in [-0.3, -0.25) is 0 Å². The summed E-state index contributed by atoms with van der Waals surface area (Å²) >= 11 is 5.84. The highest BCUT2D eigenvalue weighted by Gasteiger charge is 2.12. The highest BCUT2D eigenvalue weighted by atomic mass is 35.5. The molecule has 2 nitrogen and oxygen atoms in total. The normalized spacial score (nSPS) is 11.9. The van der Waals surface area contributed by atoms with Gasteiger partial charge in [0, 0.05) is 18.1 Å². The lowest BCUT2D eigenvalue weighted by molar-refractivity contribution is 0.663. The lowest BCUT2D eigenvalue weighted by atomic mass is 10.1. The van der Waals surface area contributed by atoms with Crippen molar-refractivity contribution in [1.29, 1.82) is 5.26 Å². The molecule has 0 aliphatic rings. The molecule has 0 N–H and O–H groups in total. The van der Waals surface area contributed by atoms with Gasteiger partial charge in [0.2, 0.25) is 0 Å². The van der Waals surface area contributed by atoms with Crippen molar-refractivity contribution in [2.75, 3.05) is 11.9 Å². The number of rotatable bonds is 3. The van der Waals surface area contributed by atoms with Crippen molar-refractivity contribution in [3.63, 3.8) is 0 Å². The number of anilines is 1. The highest BCUT2D eigenvalue weighted by Crippen LogP contribution is 2.24. The van der Waals surface area contributed by atoms with E-state index in [1.807, 2.05) is 19.2 Å². The molecule has 3 heteroatoms. The Labute approximate surface area is 96.1 Å². The van der Waals surface area contributed by atoms with Gasteiger partial charge in [-0.15, -0.1) is 0 Å². The first-order chi connectivity index (χ1) is 7.10. The third-order valence-electron chi connectivity index (χ3n) is 2.71. The zero-order chi connectivity index (χ0) is 11.4. The highest BCUT2D eigenvalue weighted by molar-refractivity contribution is 6.30. The van der Waals surface area contributed by atoms with E-state index < -0.39 is 0 Å². The Kier molecular flexibility index (Phi) is 3.99. The maximum Gasteiger partial charge on any atom is 0.101 e. The van der Waals surface area contributed by atoms with Gasteiger partial charge in [0.25, 0.3) is 0 Å². The van der Waals surface area contributed by atoms with Crippen LogP contribution in [0.1, 0.15) is 25.8 Å². The quantitative estimate of drug-likeness (QED) is 0.784. The Bertz CT molecular complexity index is 382. The summed E-state index contributed by atoms with van der Waals surface area (Å²) in [6, 6.07) is 8.00. The summed E-state index contributed by atoms with van der Waals surface area (Å²) in [5.74, 6) is 0. The van der Waals surface area contributed by atoms with Gasteiger partial charge in [-0.25, -0.2) is 0 Å². The van der Waals surface area contributed by atoms with Gasteiger partial charge in [-0.2, -0.15) is 5.26 Å². The van der Waals surface area contributed by atoms with Gasteiger partial charge in [-0.05, 0) is 31.5 Å². The van der Waals surface area contributed by atoms with Gasteiger partial charge < -0.3 is 4.90 Å². The molecular formula is C12H15ClN2. The number of hydrogen-bond donors (Lipinski definition) is 0. The summed E-state index contributed by atoms with van der Waals surface area (Å²) in [6.07, 6.45) is 1.05. The minimum absolute atomic E-state index is 0.415. The van der Waals surface area contributed by atoms with Gasteiger partial charge in [0.15, 0.2) is 0 Å².